The Bertz CT molecular complexity index is 418. The van der Waals surface area contributed by atoms with Crippen molar-refractivity contribution < 1.29 is 5.11 Å². The molecule has 0 fully saturated rings. The highest BCUT2D eigenvalue weighted by Crippen LogP contribution is 2.07. The zero-order valence-corrected chi connectivity index (χ0v) is 11.3. The highest BCUT2D eigenvalue weighted by Gasteiger charge is 2.00. The van der Waals surface area contributed by atoms with E-state index in [1.54, 1.807) is 6.92 Å². The van der Waals surface area contributed by atoms with Crippen molar-refractivity contribution in [1.82, 2.24) is 0 Å². The molecule has 0 saturated carbocycles. The second-order valence-corrected chi connectivity index (χ2v) is 4.45. The van der Waals surface area contributed by atoms with Gasteiger partial charge in [-0.05, 0) is 31.9 Å². The van der Waals surface area contributed by atoms with Gasteiger partial charge in [0, 0.05) is 11.1 Å². The second kappa shape index (κ2) is 8.55. The standard InChI is InChI=1S/C17H22O/c1-3-4-5-9-12-17(15(2)18)14-13-16-10-7-6-8-11-16/h6-8,10-12,15,18H,3-5,9H2,1-2H3/b17-12+. The van der Waals surface area contributed by atoms with Crippen molar-refractivity contribution in [2.24, 2.45) is 0 Å². The van der Waals surface area contributed by atoms with Crippen molar-refractivity contribution in [3.05, 3.63) is 47.5 Å². The van der Waals surface area contributed by atoms with Gasteiger partial charge in [0.15, 0.2) is 0 Å². The highest BCUT2D eigenvalue weighted by atomic mass is 16.3. The van der Waals surface area contributed by atoms with Gasteiger partial charge in [-0.2, -0.15) is 0 Å². The van der Waals surface area contributed by atoms with Crippen LogP contribution in [0.1, 0.15) is 45.1 Å². The van der Waals surface area contributed by atoms with Crippen LogP contribution in [0.25, 0.3) is 0 Å². The van der Waals surface area contributed by atoms with Crippen LogP contribution in [-0.2, 0) is 0 Å². The Hall–Kier alpha value is -1.52. The van der Waals surface area contributed by atoms with Gasteiger partial charge in [-0.25, -0.2) is 0 Å². The first-order chi connectivity index (χ1) is 8.74. The number of hydrogen-bond donors (Lipinski definition) is 1. The van der Waals surface area contributed by atoms with Crippen LogP contribution >= 0.6 is 0 Å². The molecule has 1 heteroatoms. The van der Waals surface area contributed by atoms with Gasteiger partial charge in [0.2, 0.25) is 0 Å². The van der Waals surface area contributed by atoms with Crippen molar-refractivity contribution in [1.29, 1.82) is 0 Å². The third-order valence-electron chi connectivity index (χ3n) is 2.75. The molecular formula is C17H22O. The maximum Gasteiger partial charge on any atom is 0.0836 e. The van der Waals surface area contributed by atoms with Crippen molar-refractivity contribution in [3.8, 4) is 11.8 Å². The number of benzene rings is 1. The average molecular weight is 242 g/mol. The maximum absolute atomic E-state index is 9.68. The molecule has 1 nitrogen and oxygen atoms in total. The molecule has 18 heavy (non-hydrogen) atoms. The Morgan fingerprint density at radius 3 is 2.61 bits per heavy atom. The first kappa shape index (κ1) is 14.5. The SMILES string of the molecule is CCCCC/C=C(\C#Cc1ccccc1)C(C)O. The monoisotopic (exact) mass is 242 g/mol. The summed E-state index contributed by atoms with van der Waals surface area (Å²) in [7, 11) is 0. The Morgan fingerprint density at radius 2 is 2.00 bits per heavy atom. The van der Waals surface area contributed by atoms with Crippen LogP contribution in [0.3, 0.4) is 0 Å². The third kappa shape index (κ3) is 5.70. The summed E-state index contributed by atoms with van der Waals surface area (Å²) in [5.41, 5.74) is 1.81. The van der Waals surface area contributed by atoms with Crippen LogP contribution in [0.2, 0.25) is 0 Å². The predicted molar refractivity (Wildman–Crippen MR) is 77.2 cm³/mol. The lowest BCUT2D eigenvalue weighted by molar-refractivity contribution is 0.236. The lowest BCUT2D eigenvalue weighted by Gasteiger charge is -2.03. The molecule has 1 unspecified atom stereocenters. The molecule has 0 aliphatic carbocycles. The van der Waals surface area contributed by atoms with Crippen LogP contribution in [0.4, 0.5) is 0 Å². The van der Waals surface area contributed by atoms with Crippen LogP contribution in [0, 0.1) is 11.8 Å². The summed E-state index contributed by atoms with van der Waals surface area (Å²) < 4.78 is 0. The summed E-state index contributed by atoms with van der Waals surface area (Å²) in [6.45, 7) is 3.96. The topological polar surface area (TPSA) is 20.2 Å². The normalized spacial score (nSPS) is 12.7. The number of unbranched alkanes of at least 4 members (excludes halogenated alkanes) is 3. The molecule has 1 atom stereocenters. The minimum atomic E-state index is -0.483. The van der Waals surface area contributed by atoms with E-state index < -0.39 is 6.10 Å². The third-order valence-corrected chi connectivity index (χ3v) is 2.75. The molecule has 0 spiro atoms. The summed E-state index contributed by atoms with van der Waals surface area (Å²) in [6.07, 6.45) is 6.19. The quantitative estimate of drug-likeness (QED) is 0.613. The highest BCUT2D eigenvalue weighted by molar-refractivity contribution is 5.41. The second-order valence-electron chi connectivity index (χ2n) is 4.45. The fraction of sp³-hybridized carbons (Fsp3) is 0.412. The Kier molecular flexibility index (Phi) is 6.91. The molecule has 1 aromatic rings. The Morgan fingerprint density at radius 1 is 1.28 bits per heavy atom. The molecule has 1 rings (SSSR count). The van der Waals surface area contributed by atoms with Gasteiger partial charge < -0.3 is 5.11 Å². The predicted octanol–water partition coefficient (Wildman–Crippen LogP) is 3.93. The number of hydrogen-bond acceptors (Lipinski definition) is 1. The van der Waals surface area contributed by atoms with Crippen LogP contribution in [-0.4, -0.2) is 11.2 Å². The van der Waals surface area contributed by atoms with Gasteiger partial charge in [-0.15, -0.1) is 0 Å². The van der Waals surface area contributed by atoms with Gasteiger partial charge in [0.25, 0.3) is 0 Å². The fourth-order valence-electron chi connectivity index (χ4n) is 1.64. The Labute approximate surface area is 111 Å². The van der Waals surface area contributed by atoms with Crippen LogP contribution in [0.15, 0.2) is 42.0 Å². The molecule has 1 aromatic carbocycles. The van der Waals surface area contributed by atoms with Crippen molar-refractivity contribution in [3.63, 3.8) is 0 Å². The van der Waals surface area contributed by atoms with E-state index in [9.17, 15) is 5.11 Å². The number of aliphatic hydroxyl groups is 1. The summed E-state index contributed by atoms with van der Waals surface area (Å²) >= 11 is 0. The summed E-state index contributed by atoms with van der Waals surface area (Å²) in [6, 6.07) is 9.86. The lowest BCUT2D eigenvalue weighted by atomic mass is 10.1. The van der Waals surface area contributed by atoms with E-state index in [-0.39, 0.29) is 0 Å². The van der Waals surface area contributed by atoms with E-state index in [0.717, 1.165) is 17.6 Å². The van der Waals surface area contributed by atoms with E-state index in [2.05, 4.69) is 24.8 Å². The first-order valence-electron chi connectivity index (χ1n) is 6.69. The molecule has 0 aliphatic heterocycles. The van der Waals surface area contributed by atoms with Gasteiger partial charge in [-0.1, -0.05) is 55.9 Å². The number of rotatable bonds is 5. The lowest BCUT2D eigenvalue weighted by Crippen LogP contribution is -2.02. The minimum Gasteiger partial charge on any atom is -0.388 e. The van der Waals surface area contributed by atoms with Crippen molar-refractivity contribution in [2.45, 2.75) is 45.6 Å². The molecule has 0 saturated heterocycles. The van der Waals surface area contributed by atoms with E-state index in [0.29, 0.717) is 0 Å². The van der Waals surface area contributed by atoms with E-state index in [1.165, 1.54) is 19.3 Å². The molecule has 96 valence electrons. The van der Waals surface area contributed by atoms with Gasteiger partial charge in [0.05, 0.1) is 6.10 Å². The number of aliphatic hydroxyl groups excluding tert-OH is 1. The number of allylic oxidation sites excluding steroid dienone is 1. The molecule has 1 N–H and O–H groups in total. The van der Waals surface area contributed by atoms with Gasteiger partial charge >= 0.3 is 0 Å². The Balaban J connectivity index is 2.66. The summed E-state index contributed by atoms with van der Waals surface area (Å²) in [4.78, 5) is 0. The largest absolute Gasteiger partial charge is 0.388 e. The molecular weight excluding hydrogens is 220 g/mol. The van der Waals surface area contributed by atoms with E-state index in [4.69, 9.17) is 0 Å². The maximum atomic E-state index is 9.68. The molecule has 0 aliphatic rings. The van der Waals surface area contributed by atoms with Gasteiger partial charge in [0.1, 0.15) is 0 Å². The molecule has 0 amide bonds. The first-order valence-corrected chi connectivity index (χ1v) is 6.69. The summed E-state index contributed by atoms with van der Waals surface area (Å²) in [5, 5.41) is 9.68. The van der Waals surface area contributed by atoms with E-state index in [1.807, 2.05) is 30.3 Å². The van der Waals surface area contributed by atoms with Crippen LogP contribution in [0.5, 0.6) is 0 Å². The van der Waals surface area contributed by atoms with E-state index >= 15 is 0 Å². The molecule has 0 bridgehead atoms. The minimum absolute atomic E-state index is 0.483. The molecule has 0 radical (unpaired) electrons. The molecule has 0 aromatic heterocycles. The zero-order chi connectivity index (χ0) is 13.2. The van der Waals surface area contributed by atoms with Gasteiger partial charge in [-0.3, -0.25) is 0 Å². The average Bonchev–Trinajstić information content (AvgIpc) is 2.38. The summed E-state index contributed by atoms with van der Waals surface area (Å²) in [5.74, 6) is 6.16. The fourth-order valence-corrected chi connectivity index (χ4v) is 1.64. The smallest absolute Gasteiger partial charge is 0.0836 e. The zero-order valence-electron chi connectivity index (χ0n) is 11.3. The van der Waals surface area contributed by atoms with Crippen LogP contribution < -0.4 is 0 Å². The van der Waals surface area contributed by atoms with Crippen molar-refractivity contribution in [2.75, 3.05) is 0 Å². The molecule has 0 heterocycles. The van der Waals surface area contributed by atoms with Crippen molar-refractivity contribution >= 4 is 0 Å².